The van der Waals surface area contributed by atoms with E-state index in [4.69, 9.17) is 39.2 Å². The van der Waals surface area contributed by atoms with Crippen LogP contribution in [0.3, 0.4) is 0 Å². The van der Waals surface area contributed by atoms with E-state index in [1.165, 1.54) is 17.1 Å². The van der Waals surface area contributed by atoms with Crippen molar-refractivity contribution in [3.05, 3.63) is 62.3 Å². The number of furan rings is 1. The second-order valence-corrected chi connectivity index (χ2v) is 6.16. The molecule has 0 aliphatic heterocycles. The first-order valence-corrected chi connectivity index (χ1v) is 7.85. The van der Waals surface area contributed by atoms with Crippen molar-refractivity contribution in [2.45, 2.75) is 0 Å². The number of hydrogen-bond acceptors (Lipinski definition) is 4. The summed E-state index contributed by atoms with van der Waals surface area (Å²) in [5.74, 6) is 0. The Morgan fingerprint density at radius 1 is 1.17 bits per heavy atom. The fraction of sp³-hybridized carbons (Fsp3) is 0. The Labute approximate surface area is 149 Å². The second-order valence-electron chi connectivity index (χ2n) is 4.95. The van der Waals surface area contributed by atoms with E-state index in [1.54, 1.807) is 24.3 Å². The average molecular weight is 382 g/mol. The molecule has 0 spiro atoms. The predicted octanol–water partition coefficient (Wildman–Crippen LogP) is 4.33. The van der Waals surface area contributed by atoms with Crippen molar-refractivity contribution in [2.24, 2.45) is 0 Å². The Balaban J connectivity index is 2.11. The summed E-state index contributed by atoms with van der Waals surface area (Å²) in [4.78, 5) is 14.8. The molecule has 0 aliphatic rings. The van der Waals surface area contributed by atoms with E-state index in [-0.39, 0.29) is 10.2 Å². The van der Waals surface area contributed by atoms with Crippen LogP contribution < -0.4 is 5.56 Å². The molecule has 0 saturated heterocycles. The first-order chi connectivity index (χ1) is 11.5. The monoisotopic (exact) mass is 380 g/mol. The minimum absolute atomic E-state index is 0.00724. The van der Waals surface area contributed by atoms with Crippen LogP contribution in [0.2, 0.25) is 15.2 Å². The third kappa shape index (κ3) is 2.39. The summed E-state index contributed by atoms with van der Waals surface area (Å²) in [6.45, 7) is 0. The number of rotatable bonds is 2. The lowest BCUT2D eigenvalue weighted by molar-refractivity contribution is 0.616. The molecule has 4 rings (SSSR count). The molecule has 0 saturated carbocycles. The van der Waals surface area contributed by atoms with Crippen molar-refractivity contribution in [1.29, 1.82) is 0 Å². The summed E-state index contributed by atoms with van der Waals surface area (Å²) in [5, 5.41) is 8.41. The molecule has 9 heteroatoms. The molecular formula is C15H7Cl3N4O2. The molecule has 24 heavy (non-hydrogen) atoms. The smallest absolute Gasteiger partial charge is 0.268 e. The van der Waals surface area contributed by atoms with Crippen LogP contribution in [-0.4, -0.2) is 20.0 Å². The summed E-state index contributed by atoms with van der Waals surface area (Å²) in [6.07, 6.45) is 3.01. The molecule has 1 N–H and O–H groups in total. The van der Waals surface area contributed by atoms with Gasteiger partial charge in [0.25, 0.3) is 5.56 Å². The lowest BCUT2D eigenvalue weighted by Gasteiger charge is -2.11. The SMILES string of the molecule is O=c1[nH]c2ccoc2c(-c2cc(Cl)ccc2-n2cc(Cl)nn2)c1Cl. The fourth-order valence-corrected chi connectivity index (χ4v) is 3.03. The Kier molecular flexibility index (Phi) is 3.60. The first kappa shape index (κ1) is 15.3. The standard InChI is InChI=1S/C15H7Cl3N4O2/c16-7-1-2-10(22-6-11(17)20-21-22)8(5-7)12-13(18)15(23)19-9-3-4-24-14(9)12/h1-6H,(H,19,23). The van der Waals surface area contributed by atoms with E-state index < -0.39 is 5.56 Å². The van der Waals surface area contributed by atoms with Crippen LogP contribution in [0.4, 0.5) is 0 Å². The van der Waals surface area contributed by atoms with Gasteiger partial charge >= 0.3 is 0 Å². The maximum absolute atomic E-state index is 12.1. The zero-order valence-electron chi connectivity index (χ0n) is 11.8. The number of nitrogens with one attached hydrogen (secondary N) is 1. The van der Waals surface area contributed by atoms with Gasteiger partial charge in [0.15, 0.2) is 10.7 Å². The quantitative estimate of drug-likeness (QED) is 0.561. The van der Waals surface area contributed by atoms with Gasteiger partial charge in [-0.25, -0.2) is 4.68 Å². The summed E-state index contributed by atoms with van der Waals surface area (Å²) in [7, 11) is 0. The fourth-order valence-electron chi connectivity index (χ4n) is 2.50. The number of halogens is 3. The van der Waals surface area contributed by atoms with E-state index in [1.807, 2.05) is 0 Å². The van der Waals surface area contributed by atoms with Gasteiger partial charge in [-0.2, -0.15) is 0 Å². The lowest BCUT2D eigenvalue weighted by atomic mass is 10.0. The zero-order chi connectivity index (χ0) is 16.8. The Bertz CT molecular complexity index is 1130. The predicted molar refractivity (Wildman–Crippen MR) is 92.2 cm³/mol. The van der Waals surface area contributed by atoms with Gasteiger partial charge in [0.1, 0.15) is 5.02 Å². The molecule has 0 bridgehead atoms. The van der Waals surface area contributed by atoms with Gasteiger partial charge in [0.05, 0.1) is 29.2 Å². The van der Waals surface area contributed by atoms with Crippen molar-refractivity contribution >= 4 is 45.9 Å². The highest BCUT2D eigenvalue weighted by atomic mass is 35.5. The van der Waals surface area contributed by atoms with Crippen LogP contribution in [0, 0.1) is 0 Å². The third-order valence-electron chi connectivity index (χ3n) is 3.50. The van der Waals surface area contributed by atoms with Gasteiger partial charge in [0.2, 0.25) is 0 Å². The number of fused-ring (bicyclic) bond motifs is 1. The van der Waals surface area contributed by atoms with E-state index >= 15 is 0 Å². The summed E-state index contributed by atoms with van der Waals surface area (Å²) >= 11 is 18.3. The number of benzene rings is 1. The van der Waals surface area contributed by atoms with Gasteiger partial charge in [-0.1, -0.05) is 40.0 Å². The van der Waals surface area contributed by atoms with E-state index in [0.717, 1.165) is 0 Å². The molecule has 3 heterocycles. The molecule has 3 aromatic heterocycles. The highest BCUT2D eigenvalue weighted by Gasteiger charge is 2.20. The van der Waals surface area contributed by atoms with Crippen molar-refractivity contribution in [2.75, 3.05) is 0 Å². The van der Waals surface area contributed by atoms with E-state index in [2.05, 4.69) is 15.3 Å². The van der Waals surface area contributed by atoms with Crippen molar-refractivity contribution in [1.82, 2.24) is 20.0 Å². The summed E-state index contributed by atoms with van der Waals surface area (Å²) in [6, 6.07) is 6.74. The topological polar surface area (TPSA) is 76.7 Å². The Morgan fingerprint density at radius 2 is 2.00 bits per heavy atom. The largest absolute Gasteiger partial charge is 0.462 e. The molecule has 0 atom stereocenters. The molecule has 120 valence electrons. The molecule has 0 unspecified atom stereocenters. The Morgan fingerprint density at radius 3 is 2.75 bits per heavy atom. The van der Waals surface area contributed by atoms with Crippen LogP contribution in [0.5, 0.6) is 0 Å². The highest BCUT2D eigenvalue weighted by Crippen LogP contribution is 2.37. The molecular weight excluding hydrogens is 375 g/mol. The lowest BCUT2D eigenvalue weighted by Crippen LogP contribution is -2.08. The molecule has 0 aliphatic carbocycles. The maximum Gasteiger partial charge on any atom is 0.268 e. The molecule has 6 nitrogen and oxygen atoms in total. The molecule has 0 amide bonds. The number of nitrogens with zero attached hydrogens (tertiary/aromatic N) is 3. The third-order valence-corrected chi connectivity index (χ3v) is 4.27. The Hall–Kier alpha value is -2.28. The van der Waals surface area contributed by atoms with E-state index in [0.29, 0.717) is 32.9 Å². The van der Waals surface area contributed by atoms with Crippen molar-refractivity contribution in [3.8, 4) is 16.8 Å². The van der Waals surface area contributed by atoms with Crippen LogP contribution in [0.15, 0.2) is 45.9 Å². The summed E-state index contributed by atoms with van der Waals surface area (Å²) < 4.78 is 6.98. The first-order valence-electron chi connectivity index (χ1n) is 6.72. The number of aromatic nitrogens is 4. The van der Waals surface area contributed by atoms with Crippen LogP contribution in [0.25, 0.3) is 27.9 Å². The second kappa shape index (κ2) is 5.66. The highest BCUT2D eigenvalue weighted by molar-refractivity contribution is 6.35. The number of H-pyrrole nitrogens is 1. The number of aromatic amines is 1. The molecule has 1 aromatic carbocycles. The minimum atomic E-state index is -0.428. The normalized spacial score (nSPS) is 11.3. The van der Waals surface area contributed by atoms with Gasteiger partial charge in [-0.3, -0.25) is 4.79 Å². The summed E-state index contributed by atoms with van der Waals surface area (Å²) in [5.41, 5.74) is 2.13. The van der Waals surface area contributed by atoms with Crippen LogP contribution in [0.1, 0.15) is 0 Å². The number of hydrogen-bond donors (Lipinski definition) is 1. The van der Waals surface area contributed by atoms with Gasteiger partial charge in [0, 0.05) is 16.7 Å². The van der Waals surface area contributed by atoms with E-state index in [9.17, 15) is 4.79 Å². The average Bonchev–Trinajstić information content (AvgIpc) is 3.17. The zero-order valence-corrected chi connectivity index (χ0v) is 14.0. The van der Waals surface area contributed by atoms with Gasteiger partial charge in [-0.05, 0) is 18.2 Å². The molecule has 0 radical (unpaired) electrons. The van der Waals surface area contributed by atoms with Crippen molar-refractivity contribution in [3.63, 3.8) is 0 Å². The van der Waals surface area contributed by atoms with Crippen LogP contribution in [-0.2, 0) is 0 Å². The van der Waals surface area contributed by atoms with Gasteiger partial charge < -0.3 is 9.40 Å². The minimum Gasteiger partial charge on any atom is -0.462 e. The number of pyridine rings is 1. The molecule has 4 aromatic rings. The molecule has 0 fully saturated rings. The maximum atomic E-state index is 12.1. The van der Waals surface area contributed by atoms with Gasteiger partial charge in [-0.15, -0.1) is 5.10 Å². The van der Waals surface area contributed by atoms with Crippen LogP contribution >= 0.6 is 34.8 Å². The van der Waals surface area contributed by atoms with Crippen molar-refractivity contribution < 1.29 is 4.42 Å².